The standard InChI is InChI=1S/C13H28O.C5H9NO4.2Na/c1-2-3-4-5-6-7-8-9-10-11-12-13-14;6-3(5(9)10)1-2-4(7)8;;/h14H,2-13H2,1H3;3H,1-2,6H2,(H,7,8)(H,9,10);;/q;;2*+1/p-2. The molecule has 0 fully saturated rings. The summed E-state index contributed by atoms with van der Waals surface area (Å²) in [5.41, 5.74) is 4.91. The first-order chi connectivity index (χ1) is 11.5. The van der Waals surface area contributed by atoms with Crippen molar-refractivity contribution in [1.29, 1.82) is 0 Å². The first-order valence-electron chi connectivity index (χ1n) is 9.22. The van der Waals surface area contributed by atoms with Gasteiger partial charge in [-0.25, -0.2) is 0 Å². The molecule has 0 rings (SSSR count). The Bertz CT molecular complexity index is 295. The number of hydrogen-bond acceptors (Lipinski definition) is 6. The molecule has 6 nitrogen and oxygen atoms in total. The van der Waals surface area contributed by atoms with Crippen molar-refractivity contribution < 1.29 is 84.0 Å². The van der Waals surface area contributed by atoms with Gasteiger partial charge in [0.05, 0.1) is 5.97 Å². The van der Waals surface area contributed by atoms with Crippen LogP contribution >= 0.6 is 0 Å². The molecule has 0 saturated carbocycles. The second-order valence-corrected chi connectivity index (χ2v) is 6.10. The molecule has 0 aliphatic rings. The number of rotatable bonds is 15. The van der Waals surface area contributed by atoms with Gasteiger partial charge in [0.2, 0.25) is 0 Å². The first-order valence-corrected chi connectivity index (χ1v) is 9.22. The zero-order valence-corrected chi connectivity index (χ0v) is 21.1. The molecule has 3 N–H and O–H groups in total. The van der Waals surface area contributed by atoms with E-state index < -0.39 is 18.0 Å². The second kappa shape index (κ2) is 28.1. The SMILES string of the molecule is CCCCCCCCCCCCCO.NC(CCC(=O)[O-])C(=O)[O-].[Na+].[Na+]. The first kappa shape index (κ1) is 34.4. The van der Waals surface area contributed by atoms with Crippen molar-refractivity contribution in [3.63, 3.8) is 0 Å². The summed E-state index contributed by atoms with van der Waals surface area (Å²) in [4.78, 5) is 19.6. The van der Waals surface area contributed by atoms with Crippen LogP contribution in [0.1, 0.15) is 90.4 Å². The average molecular weight is 391 g/mol. The minimum Gasteiger partial charge on any atom is -0.550 e. The Morgan fingerprint density at radius 2 is 1.23 bits per heavy atom. The van der Waals surface area contributed by atoms with E-state index in [0.717, 1.165) is 6.42 Å². The monoisotopic (exact) mass is 391 g/mol. The Labute approximate surface area is 203 Å². The average Bonchev–Trinajstić information content (AvgIpc) is 2.55. The van der Waals surface area contributed by atoms with E-state index in [-0.39, 0.29) is 72.0 Å². The van der Waals surface area contributed by atoms with Gasteiger partial charge in [-0.3, -0.25) is 0 Å². The summed E-state index contributed by atoms with van der Waals surface area (Å²) in [5.74, 6) is -2.75. The predicted molar refractivity (Wildman–Crippen MR) is 90.8 cm³/mol. The van der Waals surface area contributed by atoms with Crippen LogP contribution in [0.5, 0.6) is 0 Å². The summed E-state index contributed by atoms with van der Waals surface area (Å²) in [7, 11) is 0. The van der Waals surface area contributed by atoms with Gasteiger partial charge in [-0.2, -0.15) is 0 Å². The van der Waals surface area contributed by atoms with Crippen LogP contribution in [0.15, 0.2) is 0 Å². The molecule has 0 bridgehead atoms. The number of aliphatic carboxylic acids is 2. The summed E-state index contributed by atoms with van der Waals surface area (Å²) in [5, 5.41) is 28.2. The quantitative estimate of drug-likeness (QED) is 0.212. The summed E-state index contributed by atoms with van der Waals surface area (Å²) in [6.45, 7) is 2.64. The molecule has 0 aliphatic carbocycles. The van der Waals surface area contributed by atoms with E-state index in [1.54, 1.807) is 0 Å². The molecule has 0 aromatic rings. The largest absolute Gasteiger partial charge is 1.00 e. The van der Waals surface area contributed by atoms with Crippen LogP contribution in [0.2, 0.25) is 0 Å². The third kappa shape index (κ3) is 32.5. The number of unbranched alkanes of at least 4 members (excludes halogenated alkanes) is 10. The molecule has 0 saturated heterocycles. The number of carboxylic acids is 2. The van der Waals surface area contributed by atoms with Crippen LogP contribution in [0.25, 0.3) is 0 Å². The predicted octanol–water partition coefficient (Wildman–Crippen LogP) is -5.11. The molecule has 1 atom stereocenters. The van der Waals surface area contributed by atoms with Crippen molar-refractivity contribution in [2.75, 3.05) is 6.61 Å². The number of carboxylic acid groups (broad SMARTS) is 2. The van der Waals surface area contributed by atoms with E-state index in [4.69, 9.17) is 10.8 Å². The van der Waals surface area contributed by atoms with Gasteiger partial charge >= 0.3 is 59.1 Å². The number of aliphatic hydroxyl groups is 1. The molecule has 8 heteroatoms. The summed E-state index contributed by atoms with van der Waals surface area (Å²) in [6.07, 6.45) is 14.3. The molecule has 0 heterocycles. The third-order valence-corrected chi connectivity index (χ3v) is 3.72. The number of aliphatic hydroxyl groups excluding tert-OH is 1. The summed E-state index contributed by atoms with van der Waals surface area (Å²) in [6, 6.07) is -1.21. The minimum absolute atomic E-state index is 0. The zero-order chi connectivity index (χ0) is 18.6. The van der Waals surface area contributed by atoms with Gasteiger partial charge in [-0.05, 0) is 19.3 Å². The maximum absolute atomic E-state index is 9.86. The van der Waals surface area contributed by atoms with E-state index in [1.165, 1.54) is 64.2 Å². The fourth-order valence-corrected chi connectivity index (χ4v) is 2.17. The molecule has 0 aliphatic heterocycles. The fraction of sp³-hybridized carbons (Fsp3) is 0.889. The molecular weight excluding hydrogens is 356 g/mol. The molecule has 0 spiro atoms. The number of carbonyl (C=O) groups is 2. The molecule has 0 radical (unpaired) electrons. The Morgan fingerprint density at radius 3 is 1.54 bits per heavy atom. The Balaban J connectivity index is -0.000000181. The smallest absolute Gasteiger partial charge is 0.550 e. The molecular formula is C18H35NNa2O5. The molecule has 0 aromatic carbocycles. The topological polar surface area (TPSA) is 127 Å². The normalized spacial score (nSPS) is 10.6. The zero-order valence-electron chi connectivity index (χ0n) is 17.1. The molecule has 0 aromatic heterocycles. The van der Waals surface area contributed by atoms with Gasteiger partial charge in [-0.15, -0.1) is 0 Å². The molecule has 144 valence electrons. The van der Waals surface area contributed by atoms with Gasteiger partial charge < -0.3 is 30.6 Å². The second-order valence-electron chi connectivity index (χ2n) is 6.10. The maximum atomic E-state index is 9.86. The molecule has 0 amide bonds. The Kier molecular flexibility index (Phi) is 37.1. The van der Waals surface area contributed by atoms with Gasteiger partial charge in [0.1, 0.15) is 0 Å². The van der Waals surface area contributed by atoms with E-state index in [2.05, 4.69) is 6.92 Å². The van der Waals surface area contributed by atoms with Crippen LogP contribution in [0.3, 0.4) is 0 Å². The number of nitrogens with two attached hydrogens (primary N) is 1. The van der Waals surface area contributed by atoms with Gasteiger partial charge in [-0.1, -0.05) is 71.1 Å². The van der Waals surface area contributed by atoms with Crippen molar-refractivity contribution >= 4 is 11.9 Å². The van der Waals surface area contributed by atoms with Crippen LogP contribution in [-0.2, 0) is 9.59 Å². The third-order valence-electron chi connectivity index (χ3n) is 3.72. The number of hydrogen-bond donors (Lipinski definition) is 2. The van der Waals surface area contributed by atoms with Crippen LogP contribution in [0, 0.1) is 0 Å². The minimum atomic E-state index is -1.44. The van der Waals surface area contributed by atoms with Gasteiger partial charge in [0, 0.05) is 18.6 Å². The van der Waals surface area contributed by atoms with E-state index >= 15 is 0 Å². The van der Waals surface area contributed by atoms with E-state index in [1.807, 2.05) is 0 Å². The van der Waals surface area contributed by atoms with Crippen molar-refractivity contribution in [1.82, 2.24) is 0 Å². The summed E-state index contributed by atoms with van der Waals surface area (Å²) >= 11 is 0. The Hall–Kier alpha value is 0.860. The fourth-order valence-electron chi connectivity index (χ4n) is 2.17. The van der Waals surface area contributed by atoms with Gasteiger partial charge in [0.15, 0.2) is 0 Å². The van der Waals surface area contributed by atoms with Crippen molar-refractivity contribution in [3.05, 3.63) is 0 Å². The molecule has 26 heavy (non-hydrogen) atoms. The van der Waals surface area contributed by atoms with Crippen molar-refractivity contribution in [2.45, 2.75) is 96.4 Å². The Morgan fingerprint density at radius 1 is 0.846 bits per heavy atom. The van der Waals surface area contributed by atoms with E-state index in [0.29, 0.717) is 6.61 Å². The maximum Gasteiger partial charge on any atom is 1.00 e. The van der Waals surface area contributed by atoms with Crippen LogP contribution in [0.4, 0.5) is 0 Å². The van der Waals surface area contributed by atoms with Gasteiger partial charge in [0.25, 0.3) is 0 Å². The summed E-state index contributed by atoms with van der Waals surface area (Å²) < 4.78 is 0. The van der Waals surface area contributed by atoms with Crippen molar-refractivity contribution in [3.8, 4) is 0 Å². The van der Waals surface area contributed by atoms with E-state index in [9.17, 15) is 19.8 Å². The van der Waals surface area contributed by atoms with Crippen LogP contribution in [-0.4, -0.2) is 29.7 Å². The molecule has 1 unspecified atom stereocenters. The van der Waals surface area contributed by atoms with Crippen molar-refractivity contribution in [2.24, 2.45) is 5.73 Å². The van der Waals surface area contributed by atoms with Crippen LogP contribution < -0.4 is 75.1 Å². The number of carbonyl (C=O) groups excluding carboxylic acids is 2.